The zero-order chi connectivity index (χ0) is 10.2. The van der Waals surface area contributed by atoms with Crippen LogP contribution in [0.1, 0.15) is 30.5 Å². The zero-order valence-electron chi connectivity index (χ0n) is 8.61. The van der Waals surface area contributed by atoms with Gasteiger partial charge in [-0.1, -0.05) is 6.07 Å². The number of rotatable bonds is 1. The Kier molecular flexibility index (Phi) is 2.44. The first-order valence-corrected chi connectivity index (χ1v) is 4.38. The van der Waals surface area contributed by atoms with Gasteiger partial charge in [0.1, 0.15) is 5.82 Å². The van der Waals surface area contributed by atoms with Crippen molar-refractivity contribution in [3.05, 3.63) is 34.6 Å². The van der Waals surface area contributed by atoms with Gasteiger partial charge in [-0.25, -0.2) is 4.39 Å². The van der Waals surface area contributed by atoms with Gasteiger partial charge in [-0.15, -0.1) is 0 Å². The molecule has 2 heteroatoms. The minimum absolute atomic E-state index is 0.204. The van der Waals surface area contributed by atoms with Crippen LogP contribution in [0.5, 0.6) is 0 Å². The van der Waals surface area contributed by atoms with E-state index < -0.39 is 5.54 Å². The van der Waals surface area contributed by atoms with Crippen molar-refractivity contribution < 1.29 is 4.39 Å². The number of aryl methyl sites for hydroxylation is 2. The van der Waals surface area contributed by atoms with Crippen molar-refractivity contribution in [2.24, 2.45) is 5.73 Å². The highest BCUT2D eigenvalue weighted by Crippen LogP contribution is 2.25. The maximum absolute atomic E-state index is 13.5. The number of halogens is 1. The Bertz CT molecular complexity index is 300. The highest BCUT2D eigenvalue weighted by atomic mass is 19.1. The van der Waals surface area contributed by atoms with E-state index in [1.807, 2.05) is 33.8 Å². The van der Waals surface area contributed by atoms with E-state index in [1.165, 1.54) is 6.07 Å². The lowest BCUT2D eigenvalue weighted by Gasteiger charge is -2.22. The largest absolute Gasteiger partial charge is 0.322 e. The average Bonchev–Trinajstić information content (AvgIpc) is 1.78. The summed E-state index contributed by atoms with van der Waals surface area (Å²) in [5, 5.41) is 0. The molecule has 2 N–H and O–H groups in total. The van der Waals surface area contributed by atoms with Crippen molar-refractivity contribution >= 4 is 0 Å². The van der Waals surface area contributed by atoms with Crippen LogP contribution in [0.2, 0.25) is 0 Å². The van der Waals surface area contributed by atoms with Crippen molar-refractivity contribution in [2.75, 3.05) is 0 Å². The first kappa shape index (κ1) is 10.2. The standard InChI is InChI=1S/C11H16FN/c1-7-5-8(2)10(9(12)6-7)11(3,4)13/h5-6H,13H2,1-4H3. The normalized spacial score (nSPS) is 11.8. The molecule has 1 aromatic carbocycles. The van der Waals surface area contributed by atoms with Gasteiger partial charge in [0, 0.05) is 11.1 Å². The lowest BCUT2D eigenvalue weighted by molar-refractivity contribution is 0.497. The summed E-state index contributed by atoms with van der Waals surface area (Å²) >= 11 is 0. The van der Waals surface area contributed by atoms with Crippen LogP contribution >= 0.6 is 0 Å². The Morgan fingerprint density at radius 2 is 1.77 bits per heavy atom. The van der Waals surface area contributed by atoms with Gasteiger partial charge in [-0.3, -0.25) is 0 Å². The third kappa shape index (κ3) is 2.07. The molecule has 0 amide bonds. The first-order chi connectivity index (χ1) is 5.82. The van der Waals surface area contributed by atoms with Crippen molar-refractivity contribution in [3.8, 4) is 0 Å². The summed E-state index contributed by atoms with van der Waals surface area (Å²) < 4.78 is 13.5. The molecule has 0 heterocycles. The van der Waals surface area contributed by atoms with E-state index in [9.17, 15) is 4.39 Å². The molecule has 0 aliphatic heterocycles. The SMILES string of the molecule is Cc1cc(C)c(C(C)(C)N)c(F)c1. The van der Waals surface area contributed by atoms with E-state index in [0.29, 0.717) is 5.56 Å². The summed E-state index contributed by atoms with van der Waals surface area (Å²) in [6.45, 7) is 7.39. The highest BCUT2D eigenvalue weighted by Gasteiger charge is 2.21. The summed E-state index contributed by atoms with van der Waals surface area (Å²) in [7, 11) is 0. The molecule has 0 radical (unpaired) electrons. The van der Waals surface area contributed by atoms with Gasteiger partial charge in [0.15, 0.2) is 0 Å². The van der Waals surface area contributed by atoms with E-state index in [4.69, 9.17) is 5.73 Å². The summed E-state index contributed by atoms with van der Waals surface area (Å²) in [4.78, 5) is 0. The predicted octanol–water partition coefficient (Wildman–Crippen LogP) is 2.64. The van der Waals surface area contributed by atoms with Crippen LogP contribution in [0, 0.1) is 19.7 Å². The quantitative estimate of drug-likeness (QED) is 0.708. The van der Waals surface area contributed by atoms with Crippen molar-refractivity contribution in [3.63, 3.8) is 0 Å². The van der Waals surface area contributed by atoms with Gasteiger partial charge in [0.05, 0.1) is 0 Å². The van der Waals surface area contributed by atoms with Gasteiger partial charge in [0.2, 0.25) is 0 Å². The van der Waals surface area contributed by atoms with Gasteiger partial charge in [-0.05, 0) is 44.9 Å². The van der Waals surface area contributed by atoms with Crippen LogP contribution in [0.15, 0.2) is 12.1 Å². The molecular weight excluding hydrogens is 165 g/mol. The molecule has 72 valence electrons. The average molecular weight is 181 g/mol. The zero-order valence-corrected chi connectivity index (χ0v) is 8.61. The Hall–Kier alpha value is -0.890. The van der Waals surface area contributed by atoms with Gasteiger partial charge < -0.3 is 5.73 Å². The molecule has 0 aromatic heterocycles. The summed E-state index contributed by atoms with van der Waals surface area (Å²) in [6.07, 6.45) is 0. The van der Waals surface area contributed by atoms with Crippen molar-refractivity contribution in [2.45, 2.75) is 33.2 Å². The maximum atomic E-state index is 13.5. The molecule has 0 unspecified atom stereocenters. The van der Waals surface area contributed by atoms with Gasteiger partial charge >= 0.3 is 0 Å². The van der Waals surface area contributed by atoms with Crippen LogP contribution in [0.3, 0.4) is 0 Å². The summed E-state index contributed by atoms with van der Waals surface area (Å²) in [5.41, 5.74) is 7.72. The van der Waals surface area contributed by atoms with Gasteiger partial charge in [0.25, 0.3) is 0 Å². The number of hydrogen-bond acceptors (Lipinski definition) is 1. The molecular formula is C11H16FN. The number of benzene rings is 1. The molecule has 0 saturated heterocycles. The van der Waals surface area contributed by atoms with E-state index >= 15 is 0 Å². The molecule has 0 atom stereocenters. The lowest BCUT2D eigenvalue weighted by Crippen LogP contribution is -2.31. The minimum Gasteiger partial charge on any atom is -0.322 e. The van der Waals surface area contributed by atoms with E-state index in [0.717, 1.165) is 11.1 Å². The maximum Gasteiger partial charge on any atom is 0.128 e. The first-order valence-electron chi connectivity index (χ1n) is 4.38. The summed E-state index contributed by atoms with van der Waals surface area (Å²) in [5.74, 6) is -0.204. The summed E-state index contributed by atoms with van der Waals surface area (Å²) in [6, 6.07) is 3.48. The fourth-order valence-corrected chi connectivity index (χ4v) is 1.73. The molecule has 1 rings (SSSR count). The van der Waals surface area contributed by atoms with Crippen molar-refractivity contribution in [1.29, 1.82) is 0 Å². The fraction of sp³-hybridized carbons (Fsp3) is 0.455. The van der Waals surface area contributed by atoms with E-state index in [2.05, 4.69) is 0 Å². The molecule has 1 aromatic rings. The Morgan fingerprint density at radius 1 is 1.23 bits per heavy atom. The smallest absolute Gasteiger partial charge is 0.128 e. The third-order valence-electron chi connectivity index (χ3n) is 2.08. The topological polar surface area (TPSA) is 26.0 Å². The van der Waals surface area contributed by atoms with Crippen LogP contribution < -0.4 is 5.73 Å². The van der Waals surface area contributed by atoms with Gasteiger partial charge in [-0.2, -0.15) is 0 Å². The second-order valence-electron chi connectivity index (χ2n) is 4.16. The molecule has 0 fully saturated rings. The van der Waals surface area contributed by atoms with Crippen LogP contribution in [0.25, 0.3) is 0 Å². The van der Waals surface area contributed by atoms with E-state index in [1.54, 1.807) is 0 Å². The molecule has 0 aliphatic carbocycles. The highest BCUT2D eigenvalue weighted by molar-refractivity contribution is 5.36. The lowest BCUT2D eigenvalue weighted by atomic mass is 9.90. The molecule has 0 spiro atoms. The monoisotopic (exact) mass is 181 g/mol. The Labute approximate surface area is 78.8 Å². The molecule has 0 bridgehead atoms. The Balaban J connectivity index is 3.38. The second kappa shape index (κ2) is 3.11. The van der Waals surface area contributed by atoms with E-state index in [-0.39, 0.29) is 5.82 Å². The number of nitrogens with two attached hydrogens (primary N) is 1. The minimum atomic E-state index is -0.609. The fourth-order valence-electron chi connectivity index (χ4n) is 1.73. The molecule has 13 heavy (non-hydrogen) atoms. The second-order valence-corrected chi connectivity index (χ2v) is 4.16. The third-order valence-corrected chi connectivity index (χ3v) is 2.08. The van der Waals surface area contributed by atoms with Crippen molar-refractivity contribution in [1.82, 2.24) is 0 Å². The number of hydrogen-bond donors (Lipinski definition) is 1. The molecule has 1 nitrogen and oxygen atoms in total. The molecule has 0 saturated carbocycles. The van der Waals surface area contributed by atoms with Crippen LogP contribution in [-0.2, 0) is 5.54 Å². The van der Waals surface area contributed by atoms with Crippen LogP contribution in [-0.4, -0.2) is 0 Å². The predicted molar refractivity (Wildman–Crippen MR) is 53.1 cm³/mol. The molecule has 0 aliphatic rings. The van der Waals surface area contributed by atoms with Crippen LogP contribution in [0.4, 0.5) is 4.39 Å². The Morgan fingerprint density at radius 3 is 2.15 bits per heavy atom.